The fourth-order valence-electron chi connectivity index (χ4n) is 2.87. The largest absolute Gasteiger partial charge is 0.420 e. The fourth-order valence-corrected chi connectivity index (χ4v) is 3.34. The molecule has 1 aliphatic rings. The summed E-state index contributed by atoms with van der Waals surface area (Å²) >= 11 is 11.9. The smallest absolute Gasteiger partial charge is 0.368 e. The number of hydrogen-bond donors (Lipinski definition) is 1. The normalized spacial score (nSPS) is 24.5. The number of likely N-dealkylation sites (N-methyl/N-ethyl adjacent to an activating group) is 1. The predicted molar refractivity (Wildman–Crippen MR) is 82.3 cm³/mol. The van der Waals surface area contributed by atoms with Gasteiger partial charge in [0.15, 0.2) is 6.04 Å². The summed E-state index contributed by atoms with van der Waals surface area (Å²) < 4.78 is 25.5. The molecule has 23 heavy (non-hydrogen) atoms. The van der Waals surface area contributed by atoms with Crippen molar-refractivity contribution in [2.24, 2.45) is 5.73 Å². The molecule has 0 spiro atoms. The van der Waals surface area contributed by atoms with Gasteiger partial charge in [0, 0.05) is 17.6 Å². The van der Waals surface area contributed by atoms with E-state index in [0.717, 1.165) is 4.90 Å². The molecule has 2 N–H and O–H groups in total. The van der Waals surface area contributed by atoms with Crippen molar-refractivity contribution in [1.82, 2.24) is 4.90 Å². The summed E-state index contributed by atoms with van der Waals surface area (Å²) in [5.74, 6) is -0.725. The Bertz CT molecular complexity index is 644. The molecule has 2 rings (SSSR count). The van der Waals surface area contributed by atoms with Crippen molar-refractivity contribution in [1.29, 1.82) is 0 Å². The number of rotatable bonds is 5. The molecule has 0 bridgehead atoms. The number of amides is 3. The Hall–Kier alpha value is -1.44. The molecule has 126 valence electrons. The molecular weight excluding hydrogens is 351 g/mol. The van der Waals surface area contributed by atoms with E-state index in [0.29, 0.717) is 10.6 Å². The van der Waals surface area contributed by atoms with Crippen LogP contribution < -0.4 is 5.73 Å². The Morgan fingerprint density at radius 3 is 2.61 bits per heavy atom. The van der Waals surface area contributed by atoms with Crippen LogP contribution in [0.1, 0.15) is 5.56 Å². The average Bonchev–Trinajstić information content (AvgIpc) is 2.67. The lowest BCUT2D eigenvalue weighted by Crippen LogP contribution is -2.52. The first-order valence-electron chi connectivity index (χ1n) is 6.81. The number of alkyl halides is 2. The lowest BCUT2D eigenvalue weighted by Gasteiger charge is -2.30. The van der Waals surface area contributed by atoms with Crippen molar-refractivity contribution in [2.75, 3.05) is 20.1 Å². The monoisotopic (exact) mass is 366 g/mol. The molecule has 1 heterocycles. The summed E-state index contributed by atoms with van der Waals surface area (Å²) in [6.07, 6.45) is -2.72. The lowest BCUT2D eigenvalue weighted by atomic mass is 10.1. The highest BCUT2D eigenvalue weighted by molar-refractivity contribution is 6.35. The van der Waals surface area contributed by atoms with Gasteiger partial charge in [-0.25, -0.2) is 18.1 Å². The highest BCUT2D eigenvalue weighted by atomic mass is 35.5. The molecule has 0 aromatic heterocycles. The van der Waals surface area contributed by atoms with E-state index >= 15 is 0 Å². The highest BCUT2D eigenvalue weighted by Gasteiger charge is 2.54. The molecule has 1 aromatic carbocycles. The van der Waals surface area contributed by atoms with Crippen LogP contribution in [-0.2, 0) is 11.3 Å². The number of nitrogens with zero attached hydrogens (tertiary/aromatic N) is 2. The van der Waals surface area contributed by atoms with Crippen LogP contribution in [0.3, 0.4) is 0 Å². The summed E-state index contributed by atoms with van der Waals surface area (Å²) in [6, 6.07) is 3.12. The molecule has 0 aliphatic carbocycles. The second kappa shape index (κ2) is 6.59. The fraction of sp³-hybridized carbons (Fsp3) is 0.429. The molecule has 2 atom stereocenters. The Balaban J connectivity index is 2.40. The van der Waals surface area contributed by atoms with Gasteiger partial charge in [-0.15, -0.1) is 0 Å². The first kappa shape index (κ1) is 17.9. The number of quaternary nitrogens is 1. The van der Waals surface area contributed by atoms with Gasteiger partial charge in [-0.2, -0.15) is 0 Å². The van der Waals surface area contributed by atoms with Gasteiger partial charge in [-0.05, 0) is 12.1 Å². The van der Waals surface area contributed by atoms with E-state index in [1.165, 1.54) is 13.1 Å². The standard InChI is InChI=1S/C14H15Cl2F2N3O2/c1-20-11(13(19)22)6-21(14(20)23,7-12(17)18)5-8-2-3-9(15)4-10(8)16/h2-4,11-12H,5-7H2,1H3,(H-,19,22)/p+1. The zero-order chi connectivity index (χ0) is 17.4. The maximum atomic E-state index is 13.1. The molecule has 1 fully saturated rings. The average molecular weight is 367 g/mol. The Morgan fingerprint density at radius 2 is 2.13 bits per heavy atom. The van der Waals surface area contributed by atoms with Crippen LogP contribution in [-0.4, -0.2) is 53.9 Å². The van der Waals surface area contributed by atoms with Gasteiger partial charge in [0.1, 0.15) is 19.6 Å². The van der Waals surface area contributed by atoms with Crippen molar-refractivity contribution in [3.05, 3.63) is 33.8 Å². The molecule has 1 aromatic rings. The summed E-state index contributed by atoms with van der Waals surface area (Å²) in [5, 5.41) is 0.682. The maximum absolute atomic E-state index is 13.1. The Labute approximate surface area is 142 Å². The SMILES string of the molecule is CN1C(=O)[N+](Cc2ccc(Cl)cc2Cl)(CC(F)F)CC1C(N)=O. The highest BCUT2D eigenvalue weighted by Crippen LogP contribution is 2.31. The van der Waals surface area contributed by atoms with Gasteiger partial charge >= 0.3 is 6.03 Å². The molecule has 1 aliphatic heterocycles. The third-order valence-electron chi connectivity index (χ3n) is 4.00. The van der Waals surface area contributed by atoms with Crippen LogP contribution in [0.5, 0.6) is 0 Å². The molecular formula is C14H16Cl2F2N3O2+. The van der Waals surface area contributed by atoms with Gasteiger partial charge < -0.3 is 5.73 Å². The van der Waals surface area contributed by atoms with E-state index in [9.17, 15) is 18.4 Å². The minimum atomic E-state index is -2.72. The molecule has 1 saturated heterocycles. The van der Waals surface area contributed by atoms with E-state index in [4.69, 9.17) is 28.9 Å². The minimum absolute atomic E-state index is 0.0622. The number of nitrogens with two attached hydrogens (primary N) is 1. The zero-order valence-electron chi connectivity index (χ0n) is 12.3. The van der Waals surface area contributed by atoms with Crippen molar-refractivity contribution >= 4 is 35.1 Å². The topological polar surface area (TPSA) is 63.4 Å². The van der Waals surface area contributed by atoms with Crippen LogP contribution in [0.15, 0.2) is 18.2 Å². The predicted octanol–water partition coefficient (Wildman–Crippen LogP) is 2.49. The Morgan fingerprint density at radius 1 is 1.48 bits per heavy atom. The van der Waals surface area contributed by atoms with Crippen LogP contribution in [0.4, 0.5) is 13.6 Å². The number of halogens is 4. The van der Waals surface area contributed by atoms with Crippen molar-refractivity contribution < 1.29 is 22.9 Å². The third-order valence-corrected chi connectivity index (χ3v) is 4.59. The van der Waals surface area contributed by atoms with Crippen LogP contribution in [0, 0.1) is 0 Å². The molecule has 5 nitrogen and oxygen atoms in total. The van der Waals surface area contributed by atoms with E-state index in [-0.39, 0.29) is 18.1 Å². The molecule has 3 amide bonds. The summed E-state index contributed by atoms with van der Waals surface area (Å²) in [7, 11) is 1.38. The van der Waals surface area contributed by atoms with Crippen molar-refractivity contribution in [3.8, 4) is 0 Å². The van der Waals surface area contributed by atoms with Gasteiger partial charge in [0.2, 0.25) is 5.91 Å². The number of carbonyl (C=O) groups is 2. The second-order valence-electron chi connectivity index (χ2n) is 5.61. The molecule has 0 saturated carbocycles. The number of hydrogen-bond acceptors (Lipinski definition) is 2. The molecule has 0 radical (unpaired) electrons. The quantitative estimate of drug-likeness (QED) is 0.813. The van der Waals surface area contributed by atoms with Gasteiger partial charge in [0.25, 0.3) is 6.43 Å². The van der Waals surface area contributed by atoms with Crippen molar-refractivity contribution in [2.45, 2.75) is 19.0 Å². The minimum Gasteiger partial charge on any atom is -0.368 e. The summed E-state index contributed by atoms with van der Waals surface area (Å²) in [6.45, 7) is -0.896. The number of carbonyl (C=O) groups excluding carboxylic acids is 2. The number of urea groups is 1. The van der Waals surface area contributed by atoms with E-state index in [1.54, 1.807) is 12.1 Å². The number of benzene rings is 1. The van der Waals surface area contributed by atoms with Gasteiger partial charge in [0.05, 0.1) is 5.02 Å². The first-order valence-corrected chi connectivity index (χ1v) is 7.57. The van der Waals surface area contributed by atoms with E-state index in [2.05, 4.69) is 0 Å². The number of primary amides is 1. The van der Waals surface area contributed by atoms with E-state index in [1.807, 2.05) is 0 Å². The molecule has 9 heteroatoms. The summed E-state index contributed by atoms with van der Waals surface area (Å²) in [4.78, 5) is 25.2. The first-order chi connectivity index (χ1) is 10.7. The van der Waals surface area contributed by atoms with Crippen LogP contribution in [0.2, 0.25) is 10.0 Å². The van der Waals surface area contributed by atoms with Crippen molar-refractivity contribution in [3.63, 3.8) is 0 Å². The van der Waals surface area contributed by atoms with Crippen LogP contribution >= 0.6 is 23.2 Å². The van der Waals surface area contributed by atoms with E-state index < -0.39 is 35.4 Å². The van der Waals surface area contributed by atoms with Gasteiger partial charge in [-0.1, -0.05) is 29.3 Å². The molecule has 2 unspecified atom stereocenters. The lowest BCUT2D eigenvalue weighted by molar-refractivity contribution is -0.860. The zero-order valence-corrected chi connectivity index (χ0v) is 13.8. The maximum Gasteiger partial charge on any atom is 0.420 e. The van der Waals surface area contributed by atoms with Crippen LogP contribution in [0.25, 0.3) is 0 Å². The second-order valence-corrected chi connectivity index (χ2v) is 6.45. The Kier molecular flexibility index (Phi) is 5.13. The third kappa shape index (κ3) is 3.57. The summed E-state index contributed by atoms with van der Waals surface area (Å²) in [5.41, 5.74) is 5.77. The van der Waals surface area contributed by atoms with Gasteiger partial charge in [-0.3, -0.25) is 9.69 Å².